The molecule has 22 heavy (non-hydrogen) atoms. The Kier molecular flexibility index (Phi) is 6.03. The van der Waals surface area contributed by atoms with E-state index in [4.69, 9.17) is 33.2 Å². The average molecular weight is 318 g/mol. The second kappa shape index (κ2) is 8.01. The van der Waals surface area contributed by atoms with Crippen molar-refractivity contribution in [3.8, 4) is 0 Å². The summed E-state index contributed by atoms with van der Waals surface area (Å²) in [5, 5.41) is 0. The molecule has 128 valence electrons. The number of ether oxygens (including phenoxy) is 7. The monoisotopic (exact) mass is 318 g/mol. The van der Waals surface area contributed by atoms with Gasteiger partial charge in [-0.15, -0.1) is 0 Å². The normalized spacial score (nSPS) is 40.6. The molecule has 0 aliphatic carbocycles. The third-order valence-electron chi connectivity index (χ3n) is 4.19. The van der Waals surface area contributed by atoms with Crippen LogP contribution in [0.5, 0.6) is 0 Å². The third-order valence-corrected chi connectivity index (χ3v) is 4.19. The second-order valence-corrected chi connectivity index (χ2v) is 5.84. The molecule has 3 aliphatic heterocycles. The fraction of sp³-hybridized carbons (Fsp3) is 1.00. The van der Waals surface area contributed by atoms with E-state index in [0.717, 1.165) is 25.7 Å². The Bertz CT molecular complexity index is 338. The van der Waals surface area contributed by atoms with Gasteiger partial charge in [0, 0.05) is 40.3 Å². The van der Waals surface area contributed by atoms with Crippen molar-refractivity contribution < 1.29 is 33.2 Å². The minimum Gasteiger partial charge on any atom is -0.385 e. The molecule has 0 spiro atoms. The molecule has 3 fully saturated rings. The zero-order valence-corrected chi connectivity index (χ0v) is 13.3. The Morgan fingerprint density at radius 2 is 1.50 bits per heavy atom. The lowest BCUT2D eigenvalue weighted by atomic mass is 10.1. The second-order valence-electron chi connectivity index (χ2n) is 5.84. The molecule has 0 saturated carbocycles. The van der Waals surface area contributed by atoms with E-state index in [1.54, 1.807) is 14.2 Å². The van der Waals surface area contributed by atoms with Crippen LogP contribution >= 0.6 is 0 Å². The zero-order valence-electron chi connectivity index (χ0n) is 13.3. The summed E-state index contributed by atoms with van der Waals surface area (Å²) >= 11 is 0. The van der Waals surface area contributed by atoms with Crippen molar-refractivity contribution in [1.29, 1.82) is 0 Å². The number of fused-ring (bicyclic) bond motifs is 3. The van der Waals surface area contributed by atoms with E-state index in [-0.39, 0.29) is 37.2 Å². The van der Waals surface area contributed by atoms with E-state index in [1.807, 2.05) is 0 Å². The molecule has 7 heteroatoms. The molecule has 7 nitrogen and oxygen atoms in total. The minimum atomic E-state index is -0.344. The van der Waals surface area contributed by atoms with E-state index in [1.165, 1.54) is 0 Å². The summed E-state index contributed by atoms with van der Waals surface area (Å²) in [6, 6.07) is 0. The SMILES string of the molecule is COCCCC1OC[C@H]2O[C@@H]3OC(CCCOC)O[C@@H]3[C@H]2O1. The molecule has 6 atom stereocenters. The molecule has 0 aromatic heterocycles. The Labute approximate surface area is 131 Å². The van der Waals surface area contributed by atoms with E-state index < -0.39 is 0 Å². The average Bonchev–Trinajstić information content (AvgIpc) is 3.05. The van der Waals surface area contributed by atoms with Gasteiger partial charge in [-0.1, -0.05) is 0 Å². The van der Waals surface area contributed by atoms with Gasteiger partial charge in [0.2, 0.25) is 0 Å². The molecule has 0 aromatic rings. The van der Waals surface area contributed by atoms with Crippen molar-refractivity contribution in [3.63, 3.8) is 0 Å². The molecule has 0 amide bonds. The lowest BCUT2D eigenvalue weighted by Crippen LogP contribution is -2.46. The summed E-state index contributed by atoms with van der Waals surface area (Å²) in [6.45, 7) is 1.94. The summed E-state index contributed by atoms with van der Waals surface area (Å²) in [7, 11) is 3.39. The largest absolute Gasteiger partial charge is 0.385 e. The van der Waals surface area contributed by atoms with Crippen LogP contribution in [0.2, 0.25) is 0 Å². The lowest BCUT2D eigenvalue weighted by molar-refractivity contribution is -0.271. The molecule has 2 unspecified atom stereocenters. The van der Waals surface area contributed by atoms with Gasteiger partial charge >= 0.3 is 0 Å². The number of methoxy groups -OCH3 is 2. The Morgan fingerprint density at radius 3 is 2.23 bits per heavy atom. The van der Waals surface area contributed by atoms with E-state index >= 15 is 0 Å². The maximum Gasteiger partial charge on any atom is 0.190 e. The van der Waals surface area contributed by atoms with Gasteiger partial charge < -0.3 is 33.2 Å². The topological polar surface area (TPSA) is 64.6 Å². The van der Waals surface area contributed by atoms with Gasteiger partial charge in [0.15, 0.2) is 18.9 Å². The van der Waals surface area contributed by atoms with Crippen LogP contribution in [0, 0.1) is 0 Å². The number of hydrogen-bond donors (Lipinski definition) is 0. The minimum absolute atomic E-state index is 0.103. The Hall–Kier alpha value is -0.280. The highest BCUT2D eigenvalue weighted by Gasteiger charge is 2.55. The van der Waals surface area contributed by atoms with Crippen LogP contribution in [0.4, 0.5) is 0 Å². The fourth-order valence-corrected chi connectivity index (χ4v) is 3.09. The van der Waals surface area contributed by atoms with Crippen LogP contribution in [0.25, 0.3) is 0 Å². The first kappa shape index (κ1) is 16.6. The summed E-state index contributed by atoms with van der Waals surface area (Å²) in [4.78, 5) is 0. The molecule has 0 bridgehead atoms. The molecule has 3 aliphatic rings. The van der Waals surface area contributed by atoms with E-state index in [9.17, 15) is 0 Å². The first-order valence-corrected chi connectivity index (χ1v) is 8.03. The van der Waals surface area contributed by atoms with Crippen LogP contribution in [0.1, 0.15) is 25.7 Å². The summed E-state index contributed by atoms with van der Waals surface area (Å²) in [6.07, 6.45) is 2.26. The molecule has 3 heterocycles. The first-order valence-electron chi connectivity index (χ1n) is 8.03. The van der Waals surface area contributed by atoms with Crippen LogP contribution in [-0.2, 0) is 33.2 Å². The maximum absolute atomic E-state index is 6.01. The van der Waals surface area contributed by atoms with Gasteiger partial charge in [-0.3, -0.25) is 0 Å². The highest BCUT2D eigenvalue weighted by atomic mass is 16.8. The quantitative estimate of drug-likeness (QED) is 0.620. The highest BCUT2D eigenvalue weighted by molar-refractivity contribution is 4.94. The predicted molar refractivity (Wildman–Crippen MR) is 75.2 cm³/mol. The van der Waals surface area contributed by atoms with Crippen molar-refractivity contribution in [2.24, 2.45) is 0 Å². The van der Waals surface area contributed by atoms with Crippen LogP contribution in [-0.4, -0.2) is 71.2 Å². The van der Waals surface area contributed by atoms with Gasteiger partial charge in [0.05, 0.1) is 6.61 Å². The van der Waals surface area contributed by atoms with Crippen molar-refractivity contribution in [2.75, 3.05) is 34.0 Å². The van der Waals surface area contributed by atoms with Crippen molar-refractivity contribution >= 4 is 0 Å². The Balaban J connectivity index is 1.46. The van der Waals surface area contributed by atoms with Crippen LogP contribution < -0.4 is 0 Å². The third kappa shape index (κ3) is 3.79. The molecule has 0 radical (unpaired) electrons. The summed E-state index contributed by atoms with van der Waals surface area (Å²) in [5.74, 6) is 0. The maximum atomic E-state index is 6.01. The molecular formula is C15H26O7. The van der Waals surface area contributed by atoms with Crippen molar-refractivity contribution in [1.82, 2.24) is 0 Å². The van der Waals surface area contributed by atoms with Crippen molar-refractivity contribution in [3.05, 3.63) is 0 Å². The zero-order chi connectivity index (χ0) is 15.4. The molecule has 0 N–H and O–H groups in total. The first-order chi connectivity index (χ1) is 10.8. The predicted octanol–water partition coefficient (Wildman–Crippen LogP) is 1.05. The van der Waals surface area contributed by atoms with Gasteiger partial charge in [-0.2, -0.15) is 0 Å². The fourth-order valence-electron chi connectivity index (χ4n) is 3.09. The number of rotatable bonds is 8. The van der Waals surface area contributed by atoms with Gasteiger partial charge in [0.1, 0.15) is 18.3 Å². The number of hydrogen-bond acceptors (Lipinski definition) is 7. The summed E-state index contributed by atoms with van der Waals surface area (Å²) < 4.78 is 39.4. The highest BCUT2D eigenvalue weighted by Crippen LogP contribution is 2.38. The van der Waals surface area contributed by atoms with Gasteiger partial charge in [0.25, 0.3) is 0 Å². The van der Waals surface area contributed by atoms with Crippen LogP contribution in [0.15, 0.2) is 0 Å². The van der Waals surface area contributed by atoms with Gasteiger partial charge in [-0.25, -0.2) is 0 Å². The van der Waals surface area contributed by atoms with Gasteiger partial charge in [-0.05, 0) is 12.8 Å². The molecule has 3 rings (SSSR count). The van der Waals surface area contributed by atoms with Crippen molar-refractivity contribution in [2.45, 2.75) is 62.9 Å². The standard InChI is InChI=1S/C15H26O7/c1-16-7-3-5-11-18-9-10-13(20-11)14-15(19-10)22-12(21-14)6-4-8-17-2/h10-15H,3-9H2,1-2H3/t10-,11?,12?,13+,14-,15-/m1/s1. The Morgan fingerprint density at radius 1 is 0.818 bits per heavy atom. The van der Waals surface area contributed by atoms with E-state index in [0.29, 0.717) is 19.8 Å². The smallest absolute Gasteiger partial charge is 0.190 e. The summed E-state index contributed by atoms with van der Waals surface area (Å²) in [5.41, 5.74) is 0. The van der Waals surface area contributed by atoms with Crippen LogP contribution in [0.3, 0.4) is 0 Å². The van der Waals surface area contributed by atoms with E-state index in [2.05, 4.69) is 0 Å². The molecule has 3 saturated heterocycles. The molecular weight excluding hydrogens is 292 g/mol. The lowest BCUT2D eigenvalue weighted by Gasteiger charge is -2.33. The molecule has 0 aromatic carbocycles.